The molecule has 62 valence electrons. The zero-order valence-electron chi connectivity index (χ0n) is 7.25. The third-order valence-corrected chi connectivity index (χ3v) is 2.54. The second-order valence-corrected chi connectivity index (χ2v) is 3.29. The molecule has 0 aliphatic heterocycles. The lowest BCUT2D eigenvalue weighted by Crippen LogP contribution is -2.34. The first kappa shape index (κ1) is 8.54. The zero-order valence-corrected chi connectivity index (χ0v) is 7.25. The van der Waals surface area contributed by atoms with Gasteiger partial charge in [-0.15, -0.1) is 0 Å². The smallest absolute Gasteiger partial charge is 0.0890 e. The molecule has 1 rings (SSSR count). The number of allylic oxidation sites excluding steroid dienone is 2. The maximum Gasteiger partial charge on any atom is 0.0890 e. The molecule has 0 bridgehead atoms. The van der Waals surface area contributed by atoms with Gasteiger partial charge in [0, 0.05) is 0 Å². The van der Waals surface area contributed by atoms with Gasteiger partial charge in [0.2, 0.25) is 0 Å². The quantitative estimate of drug-likeness (QED) is 0.643. The van der Waals surface area contributed by atoms with Crippen molar-refractivity contribution >= 4 is 0 Å². The minimum absolute atomic E-state index is 0.351. The molecule has 0 saturated heterocycles. The Morgan fingerprint density at radius 2 is 2.27 bits per heavy atom. The first-order valence-corrected chi connectivity index (χ1v) is 4.26. The Kier molecular flexibility index (Phi) is 2.50. The summed E-state index contributed by atoms with van der Waals surface area (Å²) in [7, 11) is 0. The second-order valence-electron chi connectivity index (χ2n) is 3.29. The van der Waals surface area contributed by atoms with Gasteiger partial charge in [-0.3, -0.25) is 0 Å². The highest BCUT2D eigenvalue weighted by molar-refractivity contribution is 5.18. The molecule has 0 aromatic carbocycles. The van der Waals surface area contributed by atoms with Crippen molar-refractivity contribution in [1.29, 1.82) is 0 Å². The largest absolute Gasteiger partial charge is 0.385 e. The number of hydrogen-bond acceptors (Lipinski definition) is 1. The highest BCUT2D eigenvalue weighted by atomic mass is 16.3. The first-order chi connectivity index (χ1) is 5.19. The molecule has 0 aromatic heterocycles. The fourth-order valence-corrected chi connectivity index (χ4v) is 1.34. The van der Waals surface area contributed by atoms with E-state index >= 15 is 0 Å². The van der Waals surface area contributed by atoms with Crippen LogP contribution in [0, 0.1) is 5.92 Å². The predicted octanol–water partition coefficient (Wildman–Crippen LogP) is 2.28. The maximum atomic E-state index is 10.0. The summed E-state index contributed by atoms with van der Waals surface area (Å²) in [4.78, 5) is 0. The van der Waals surface area contributed by atoms with Gasteiger partial charge in [-0.2, -0.15) is 0 Å². The Balaban J connectivity index is 2.67. The van der Waals surface area contributed by atoms with Gasteiger partial charge < -0.3 is 5.11 Å². The van der Waals surface area contributed by atoms with Gasteiger partial charge in [-0.25, -0.2) is 0 Å². The average Bonchev–Trinajstić information content (AvgIpc) is 2.04. The van der Waals surface area contributed by atoms with Crippen LogP contribution in [0.2, 0.25) is 0 Å². The molecule has 0 saturated carbocycles. The topological polar surface area (TPSA) is 20.2 Å². The summed E-state index contributed by atoms with van der Waals surface area (Å²) in [5, 5.41) is 10.0. The van der Waals surface area contributed by atoms with Crippen molar-refractivity contribution in [3.8, 4) is 0 Å². The summed E-state index contributed by atoms with van der Waals surface area (Å²) >= 11 is 0. The van der Waals surface area contributed by atoms with Crippen molar-refractivity contribution in [3.05, 3.63) is 24.3 Å². The highest BCUT2D eigenvalue weighted by Crippen LogP contribution is 2.28. The lowest BCUT2D eigenvalue weighted by molar-refractivity contribution is 0.0358. The average molecular weight is 152 g/mol. The molecule has 0 aromatic rings. The minimum atomic E-state index is -0.580. The lowest BCUT2D eigenvalue weighted by Gasteiger charge is -2.31. The van der Waals surface area contributed by atoms with E-state index in [2.05, 4.69) is 13.8 Å². The summed E-state index contributed by atoms with van der Waals surface area (Å²) in [5.41, 5.74) is -0.580. The van der Waals surface area contributed by atoms with Crippen LogP contribution in [0.4, 0.5) is 0 Å². The van der Waals surface area contributed by atoms with Gasteiger partial charge in [0.05, 0.1) is 5.60 Å². The lowest BCUT2D eigenvalue weighted by atomic mass is 9.82. The van der Waals surface area contributed by atoms with E-state index in [4.69, 9.17) is 0 Å². The van der Waals surface area contributed by atoms with E-state index in [0.717, 1.165) is 12.8 Å². The monoisotopic (exact) mass is 152 g/mol. The minimum Gasteiger partial charge on any atom is -0.385 e. The van der Waals surface area contributed by atoms with Crippen molar-refractivity contribution in [2.24, 2.45) is 5.92 Å². The molecule has 0 heterocycles. The van der Waals surface area contributed by atoms with E-state index in [0.29, 0.717) is 5.92 Å². The van der Waals surface area contributed by atoms with Crippen molar-refractivity contribution < 1.29 is 5.11 Å². The van der Waals surface area contributed by atoms with Crippen LogP contribution in [0.5, 0.6) is 0 Å². The van der Waals surface area contributed by atoms with E-state index in [1.54, 1.807) is 0 Å². The molecular formula is C10H16O. The van der Waals surface area contributed by atoms with Crippen LogP contribution >= 0.6 is 0 Å². The predicted molar refractivity (Wildman–Crippen MR) is 47.3 cm³/mol. The van der Waals surface area contributed by atoms with Crippen LogP contribution in [0.15, 0.2) is 24.3 Å². The van der Waals surface area contributed by atoms with E-state index in [9.17, 15) is 5.11 Å². The fraction of sp³-hybridized carbons (Fsp3) is 0.600. The third-order valence-electron chi connectivity index (χ3n) is 2.54. The standard InChI is InChI=1S/C10H16O/c1-3-9(2)10(11)7-5-4-6-8-10/h4-7,9,11H,3,8H2,1-2H3/t9-,10-/m0/s1. The molecule has 11 heavy (non-hydrogen) atoms. The van der Waals surface area contributed by atoms with Crippen molar-refractivity contribution in [1.82, 2.24) is 0 Å². The normalized spacial score (nSPS) is 32.3. The van der Waals surface area contributed by atoms with Crippen molar-refractivity contribution in [2.45, 2.75) is 32.3 Å². The van der Waals surface area contributed by atoms with E-state index in [1.807, 2.05) is 24.3 Å². The van der Waals surface area contributed by atoms with Crippen LogP contribution in [0.25, 0.3) is 0 Å². The molecule has 1 aliphatic carbocycles. The molecule has 0 radical (unpaired) electrons. The van der Waals surface area contributed by atoms with Gasteiger partial charge in [0.25, 0.3) is 0 Å². The van der Waals surface area contributed by atoms with Crippen LogP contribution in [0.1, 0.15) is 26.7 Å². The van der Waals surface area contributed by atoms with Crippen LogP contribution in [-0.2, 0) is 0 Å². The zero-order chi connectivity index (χ0) is 8.32. The Labute approximate surface area is 68.4 Å². The molecule has 1 heteroatoms. The second kappa shape index (κ2) is 3.22. The van der Waals surface area contributed by atoms with Crippen LogP contribution < -0.4 is 0 Å². The van der Waals surface area contributed by atoms with Gasteiger partial charge >= 0.3 is 0 Å². The first-order valence-electron chi connectivity index (χ1n) is 4.26. The Hall–Kier alpha value is -0.560. The summed E-state index contributed by atoms with van der Waals surface area (Å²) in [5.74, 6) is 0.351. The summed E-state index contributed by atoms with van der Waals surface area (Å²) in [6.07, 6.45) is 9.62. The Morgan fingerprint density at radius 3 is 2.73 bits per heavy atom. The number of hydrogen-bond donors (Lipinski definition) is 1. The summed E-state index contributed by atoms with van der Waals surface area (Å²) in [6, 6.07) is 0. The van der Waals surface area contributed by atoms with Gasteiger partial charge in [-0.1, -0.05) is 44.6 Å². The molecule has 2 atom stereocenters. The molecule has 1 nitrogen and oxygen atoms in total. The molecule has 1 N–H and O–H groups in total. The van der Waals surface area contributed by atoms with E-state index < -0.39 is 5.60 Å². The molecule has 0 amide bonds. The number of aliphatic hydroxyl groups is 1. The van der Waals surface area contributed by atoms with Crippen molar-refractivity contribution in [2.75, 3.05) is 0 Å². The molecule has 1 aliphatic rings. The Bertz CT molecular complexity index is 181. The van der Waals surface area contributed by atoms with Gasteiger partial charge in [0.15, 0.2) is 0 Å². The van der Waals surface area contributed by atoms with E-state index in [1.165, 1.54) is 0 Å². The molecular weight excluding hydrogens is 136 g/mol. The summed E-state index contributed by atoms with van der Waals surface area (Å²) in [6.45, 7) is 4.19. The Morgan fingerprint density at radius 1 is 1.55 bits per heavy atom. The van der Waals surface area contributed by atoms with Crippen molar-refractivity contribution in [3.63, 3.8) is 0 Å². The van der Waals surface area contributed by atoms with Gasteiger partial charge in [-0.05, 0) is 12.3 Å². The summed E-state index contributed by atoms with van der Waals surface area (Å²) < 4.78 is 0. The maximum absolute atomic E-state index is 10.0. The third kappa shape index (κ3) is 1.72. The fourth-order valence-electron chi connectivity index (χ4n) is 1.34. The highest BCUT2D eigenvalue weighted by Gasteiger charge is 2.28. The number of rotatable bonds is 2. The van der Waals surface area contributed by atoms with Gasteiger partial charge in [0.1, 0.15) is 0 Å². The van der Waals surface area contributed by atoms with E-state index in [-0.39, 0.29) is 0 Å². The van der Waals surface area contributed by atoms with Crippen LogP contribution in [-0.4, -0.2) is 10.7 Å². The molecule has 0 fully saturated rings. The van der Waals surface area contributed by atoms with Crippen LogP contribution in [0.3, 0.4) is 0 Å². The SMILES string of the molecule is CC[C@H](C)[C@]1(O)C=CC=CC1. The molecule has 0 spiro atoms. The molecule has 0 unspecified atom stereocenters.